The Labute approximate surface area is 136 Å². The van der Waals surface area contributed by atoms with Crippen molar-refractivity contribution in [1.29, 1.82) is 0 Å². The molecule has 0 aliphatic carbocycles. The second kappa shape index (κ2) is 7.24. The number of ether oxygens (including phenoxy) is 1. The van der Waals surface area contributed by atoms with Gasteiger partial charge in [-0.05, 0) is 23.3 Å². The van der Waals surface area contributed by atoms with E-state index < -0.39 is 10.9 Å². The molecule has 0 atom stereocenters. The zero-order valence-corrected chi connectivity index (χ0v) is 12.8. The molecule has 0 aliphatic heterocycles. The third-order valence-corrected chi connectivity index (χ3v) is 3.59. The van der Waals surface area contributed by atoms with E-state index in [0.717, 1.165) is 0 Å². The minimum absolute atomic E-state index is 0.0260. The third kappa shape index (κ3) is 4.44. The Morgan fingerprint density at radius 3 is 2.55 bits per heavy atom. The molecule has 0 radical (unpaired) electrons. The summed E-state index contributed by atoms with van der Waals surface area (Å²) in [6.07, 6.45) is 0.0474. The molecule has 2 aromatic rings. The predicted octanol–water partition coefficient (Wildman–Crippen LogP) is 4.19. The first kappa shape index (κ1) is 16.3. The maximum Gasteiger partial charge on any atom is 0.310 e. The van der Waals surface area contributed by atoms with Crippen LogP contribution in [0.25, 0.3) is 0 Å². The van der Waals surface area contributed by atoms with E-state index in [0.29, 0.717) is 21.2 Å². The van der Waals surface area contributed by atoms with E-state index in [1.807, 2.05) is 0 Å². The maximum absolute atomic E-state index is 11.8. The van der Waals surface area contributed by atoms with Crippen LogP contribution >= 0.6 is 23.2 Å². The number of nitro groups is 1. The zero-order valence-electron chi connectivity index (χ0n) is 11.3. The Balaban J connectivity index is 1.94. The minimum atomic E-state index is -0.499. The van der Waals surface area contributed by atoms with Gasteiger partial charge >= 0.3 is 5.97 Å². The molecule has 0 spiro atoms. The summed E-state index contributed by atoms with van der Waals surface area (Å²) in [6, 6.07) is 10.8. The smallest absolute Gasteiger partial charge is 0.310 e. The Morgan fingerprint density at radius 1 is 1.09 bits per heavy atom. The molecule has 22 heavy (non-hydrogen) atoms. The molecule has 0 N–H and O–H groups in total. The highest BCUT2D eigenvalue weighted by atomic mass is 35.5. The Bertz CT molecular complexity index is 718. The first-order chi connectivity index (χ1) is 10.5. The number of benzene rings is 2. The average Bonchev–Trinajstić information content (AvgIpc) is 2.49. The van der Waals surface area contributed by atoms with E-state index in [1.165, 1.54) is 12.1 Å². The molecular formula is C15H11Cl2NO4. The highest BCUT2D eigenvalue weighted by molar-refractivity contribution is 6.42. The van der Waals surface area contributed by atoms with Crippen LogP contribution in [0.5, 0.6) is 0 Å². The highest BCUT2D eigenvalue weighted by Crippen LogP contribution is 2.23. The summed E-state index contributed by atoms with van der Waals surface area (Å²) in [7, 11) is 0. The van der Waals surface area contributed by atoms with Gasteiger partial charge in [-0.25, -0.2) is 0 Å². The van der Waals surface area contributed by atoms with E-state index in [4.69, 9.17) is 27.9 Å². The fraction of sp³-hybridized carbons (Fsp3) is 0.133. The van der Waals surface area contributed by atoms with Crippen molar-refractivity contribution in [3.8, 4) is 0 Å². The van der Waals surface area contributed by atoms with Gasteiger partial charge in [0.2, 0.25) is 0 Å². The molecule has 5 nitrogen and oxygen atoms in total. The van der Waals surface area contributed by atoms with Crippen molar-refractivity contribution in [3.05, 3.63) is 73.8 Å². The summed E-state index contributed by atoms with van der Waals surface area (Å²) in [5.41, 5.74) is 1.19. The molecule has 0 fully saturated rings. The zero-order chi connectivity index (χ0) is 16.1. The summed E-state index contributed by atoms with van der Waals surface area (Å²) in [6.45, 7) is -0.0260. The van der Waals surface area contributed by atoms with Gasteiger partial charge in [0.05, 0.1) is 21.4 Å². The van der Waals surface area contributed by atoms with Gasteiger partial charge in [0, 0.05) is 12.1 Å². The number of rotatable bonds is 5. The van der Waals surface area contributed by atoms with Gasteiger partial charge in [-0.1, -0.05) is 41.4 Å². The number of hydrogen-bond acceptors (Lipinski definition) is 4. The van der Waals surface area contributed by atoms with Crippen molar-refractivity contribution in [2.24, 2.45) is 0 Å². The van der Waals surface area contributed by atoms with Gasteiger partial charge < -0.3 is 4.74 Å². The monoisotopic (exact) mass is 339 g/mol. The Morgan fingerprint density at radius 2 is 1.86 bits per heavy atom. The lowest BCUT2D eigenvalue weighted by Crippen LogP contribution is -2.08. The van der Waals surface area contributed by atoms with Crippen molar-refractivity contribution in [2.45, 2.75) is 13.0 Å². The SMILES string of the molecule is O=C(Cc1ccc(Cl)c(Cl)c1)OCc1cccc([N+](=O)[O-])c1. The van der Waals surface area contributed by atoms with E-state index in [1.54, 1.807) is 30.3 Å². The van der Waals surface area contributed by atoms with Crippen LogP contribution in [-0.2, 0) is 22.6 Å². The van der Waals surface area contributed by atoms with Gasteiger partial charge in [-0.15, -0.1) is 0 Å². The van der Waals surface area contributed by atoms with E-state index >= 15 is 0 Å². The number of nitro benzene ring substituents is 1. The van der Waals surface area contributed by atoms with Crippen molar-refractivity contribution in [1.82, 2.24) is 0 Å². The molecule has 0 aromatic heterocycles. The lowest BCUT2D eigenvalue weighted by molar-refractivity contribution is -0.384. The topological polar surface area (TPSA) is 69.4 Å². The van der Waals surface area contributed by atoms with Crippen LogP contribution in [0.15, 0.2) is 42.5 Å². The lowest BCUT2D eigenvalue weighted by atomic mass is 10.1. The summed E-state index contributed by atoms with van der Waals surface area (Å²) < 4.78 is 5.10. The van der Waals surface area contributed by atoms with Gasteiger partial charge in [-0.3, -0.25) is 14.9 Å². The number of hydrogen-bond donors (Lipinski definition) is 0. The standard InChI is InChI=1S/C15H11Cl2NO4/c16-13-5-4-10(7-14(13)17)8-15(19)22-9-11-2-1-3-12(6-11)18(20)21/h1-7H,8-9H2. The number of nitrogens with zero attached hydrogens (tertiary/aromatic N) is 1. The Hall–Kier alpha value is -2.11. The lowest BCUT2D eigenvalue weighted by Gasteiger charge is -2.06. The molecule has 0 aliphatic rings. The predicted molar refractivity (Wildman–Crippen MR) is 83.1 cm³/mol. The van der Waals surface area contributed by atoms with Crippen LogP contribution in [0, 0.1) is 10.1 Å². The van der Waals surface area contributed by atoms with Crippen LogP contribution in [0.2, 0.25) is 10.0 Å². The fourth-order valence-electron chi connectivity index (χ4n) is 1.79. The quantitative estimate of drug-likeness (QED) is 0.465. The second-order valence-corrected chi connectivity index (χ2v) is 5.33. The second-order valence-electron chi connectivity index (χ2n) is 4.51. The van der Waals surface area contributed by atoms with Crippen LogP contribution in [-0.4, -0.2) is 10.9 Å². The van der Waals surface area contributed by atoms with Gasteiger partial charge in [0.1, 0.15) is 6.61 Å². The van der Waals surface area contributed by atoms with E-state index in [2.05, 4.69) is 0 Å². The van der Waals surface area contributed by atoms with Crippen molar-refractivity contribution >= 4 is 34.9 Å². The first-order valence-electron chi connectivity index (χ1n) is 6.28. The van der Waals surface area contributed by atoms with Crippen LogP contribution in [0.1, 0.15) is 11.1 Å². The normalized spacial score (nSPS) is 10.3. The number of esters is 1. The number of carbonyl (C=O) groups is 1. The molecular weight excluding hydrogens is 329 g/mol. The molecule has 2 aromatic carbocycles. The molecule has 0 bridgehead atoms. The van der Waals surface area contributed by atoms with Gasteiger partial charge in [0.15, 0.2) is 0 Å². The largest absolute Gasteiger partial charge is 0.461 e. The number of halogens is 2. The van der Waals surface area contributed by atoms with Crippen molar-refractivity contribution in [3.63, 3.8) is 0 Å². The Kier molecular flexibility index (Phi) is 5.35. The number of carbonyl (C=O) groups excluding carboxylic acids is 1. The van der Waals surface area contributed by atoms with Crippen molar-refractivity contribution < 1.29 is 14.5 Å². The molecule has 7 heteroatoms. The van der Waals surface area contributed by atoms with Gasteiger partial charge in [-0.2, -0.15) is 0 Å². The molecule has 0 saturated heterocycles. The summed E-state index contributed by atoms with van der Waals surface area (Å²) in [4.78, 5) is 21.9. The summed E-state index contributed by atoms with van der Waals surface area (Å²) in [5, 5.41) is 11.4. The summed E-state index contributed by atoms with van der Waals surface area (Å²) in [5.74, 6) is -0.454. The average molecular weight is 340 g/mol. The molecule has 114 valence electrons. The first-order valence-corrected chi connectivity index (χ1v) is 7.04. The maximum atomic E-state index is 11.8. The van der Waals surface area contributed by atoms with Gasteiger partial charge in [0.25, 0.3) is 5.69 Å². The molecule has 2 rings (SSSR count). The van der Waals surface area contributed by atoms with Crippen LogP contribution in [0.3, 0.4) is 0 Å². The third-order valence-electron chi connectivity index (χ3n) is 2.85. The van der Waals surface area contributed by atoms with Crippen LogP contribution in [0.4, 0.5) is 5.69 Å². The van der Waals surface area contributed by atoms with Crippen molar-refractivity contribution in [2.75, 3.05) is 0 Å². The highest BCUT2D eigenvalue weighted by Gasteiger charge is 2.09. The summed E-state index contributed by atoms with van der Waals surface area (Å²) >= 11 is 11.7. The van der Waals surface area contributed by atoms with E-state index in [9.17, 15) is 14.9 Å². The van der Waals surface area contributed by atoms with E-state index in [-0.39, 0.29) is 18.7 Å². The molecule has 0 unspecified atom stereocenters. The minimum Gasteiger partial charge on any atom is -0.461 e. The molecule has 0 amide bonds. The number of non-ortho nitro benzene ring substituents is 1. The van der Waals surface area contributed by atoms with Crippen LogP contribution < -0.4 is 0 Å². The molecule has 0 heterocycles. The molecule has 0 saturated carbocycles. The fourth-order valence-corrected chi connectivity index (χ4v) is 2.11.